The fourth-order valence-electron chi connectivity index (χ4n) is 1.83. The molecule has 2 rings (SSSR count). The molecule has 0 spiro atoms. The highest BCUT2D eigenvalue weighted by atomic mass is 79.9. The van der Waals surface area contributed by atoms with Gasteiger partial charge in [0.2, 0.25) is 0 Å². The Hall–Kier alpha value is -1.26. The second-order valence-electron chi connectivity index (χ2n) is 3.96. The van der Waals surface area contributed by atoms with Crippen LogP contribution in [-0.4, -0.2) is 7.05 Å². The van der Waals surface area contributed by atoms with Gasteiger partial charge in [0.1, 0.15) is 0 Å². The van der Waals surface area contributed by atoms with Crippen LogP contribution in [-0.2, 0) is 13.1 Å². The van der Waals surface area contributed by atoms with Gasteiger partial charge in [-0.3, -0.25) is 0 Å². The predicted octanol–water partition coefficient (Wildman–Crippen LogP) is 3.14. The molecule has 4 heteroatoms. The molecular weight excluding hydrogens is 280 g/mol. The van der Waals surface area contributed by atoms with E-state index in [1.165, 1.54) is 0 Å². The van der Waals surface area contributed by atoms with Crippen LogP contribution in [0.5, 0.6) is 0 Å². The highest BCUT2D eigenvalue weighted by Gasteiger charge is 2.08. The molecule has 0 aliphatic heterocycles. The third kappa shape index (κ3) is 2.90. The highest BCUT2D eigenvalue weighted by molar-refractivity contribution is 9.10. The molecule has 0 aliphatic rings. The Morgan fingerprint density at radius 1 is 1.35 bits per heavy atom. The van der Waals surface area contributed by atoms with Gasteiger partial charge in [-0.25, -0.2) is 0 Å². The van der Waals surface area contributed by atoms with Crippen molar-refractivity contribution in [3.63, 3.8) is 0 Å². The van der Waals surface area contributed by atoms with E-state index < -0.39 is 0 Å². The minimum Gasteiger partial charge on any atom is -0.472 e. The number of anilines is 1. The number of rotatable bonds is 4. The van der Waals surface area contributed by atoms with Crippen LogP contribution >= 0.6 is 15.9 Å². The lowest BCUT2D eigenvalue weighted by atomic mass is 10.1. The van der Waals surface area contributed by atoms with E-state index in [1.54, 1.807) is 12.5 Å². The van der Waals surface area contributed by atoms with Crippen molar-refractivity contribution in [3.8, 4) is 0 Å². The predicted molar refractivity (Wildman–Crippen MR) is 72.8 cm³/mol. The number of hydrogen-bond acceptors (Lipinski definition) is 3. The molecule has 2 aromatic rings. The Morgan fingerprint density at radius 3 is 2.82 bits per heavy atom. The van der Waals surface area contributed by atoms with E-state index in [0.717, 1.165) is 27.8 Å². The second-order valence-corrected chi connectivity index (χ2v) is 4.88. The molecule has 3 nitrogen and oxygen atoms in total. The van der Waals surface area contributed by atoms with Crippen LogP contribution in [0.2, 0.25) is 0 Å². The first-order valence-corrected chi connectivity index (χ1v) is 6.20. The van der Waals surface area contributed by atoms with Gasteiger partial charge in [0.25, 0.3) is 0 Å². The topological polar surface area (TPSA) is 42.4 Å². The number of furan rings is 1. The number of hydrogen-bond donors (Lipinski definition) is 1. The fourth-order valence-corrected chi connectivity index (χ4v) is 2.24. The average molecular weight is 295 g/mol. The lowest BCUT2D eigenvalue weighted by Crippen LogP contribution is -2.18. The van der Waals surface area contributed by atoms with E-state index in [-0.39, 0.29) is 0 Å². The van der Waals surface area contributed by atoms with Crippen molar-refractivity contribution < 1.29 is 4.42 Å². The maximum Gasteiger partial charge on any atom is 0.0952 e. The molecule has 0 saturated heterocycles. The van der Waals surface area contributed by atoms with Crippen molar-refractivity contribution in [1.82, 2.24) is 0 Å². The third-order valence-electron chi connectivity index (χ3n) is 2.67. The highest BCUT2D eigenvalue weighted by Crippen LogP contribution is 2.24. The van der Waals surface area contributed by atoms with Crippen LogP contribution in [0.3, 0.4) is 0 Å². The van der Waals surface area contributed by atoms with Crippen LogP contribution in [0.15, 0.2) is 45.7 Å². The summed E-state index contributed by atoms with van der Waals surface area (Å²) in [5, 5.41) is 0. The zero-order valence-corrected chi connectivity index (χ0v) is 11.3. The molecule has 0 amide bonds. The van der Waals surface area contributed by atoms with E-state index >= 15 is 0 Å². The second kappa shape index (κ2) is 5.38. The molecule has 0 unspecified atom stereocenters. The molecule has 0 atom stereocenters. The Labute approximate surface area is 109 Å². The van der Waals surface area contributed by atoms with Crippen molar-refractivity contribution in [2.45, 2.75) is 13.1 Å². The Morgan fingerprint density at radius 2 is 2.18 bits per heavy atom. The summed E-state index contributed by atoms with van der Waals surface area (Å²) in [7, 11) is 2.05. The molecule has 17 heavy (non-hydrogen) atoms. The van der Waals surface area contributed by atoms with Crippen LogP contribution < -0.4 is 10.6 Å². The van der Waals surface area contributed by atoms with Gasteiger partial charge in [0.15, 0.2) is 0 Å². The fraction of sp³-hybridized carbons (Fsp3) is 0.231. The smallest absolute Gasteiger partial charge is 0.0952 e. The van der Waals surface area contributed by atoms with Crippen molar-refractivity contribution in [1.29, 1.82) is 0 Å². The number of halogens is 1. The first-order chi connectivity index (χ1) is 8.20. The molecule has 0 fully saturated rings. The average Bonchev–Trinajstić information content (AvgIpc) is 2.81. The summed E-state index contributed by atoms with van der Waals surface area (Å²) in [5.74, 6) is 0. The molecule has 1 aromatic carbocycles. The number of nitrogens with two attached hydrogens (primary N) is 1. The molecule has 90 valence electrons. The summed E-state index contributed by atoms with van der Waals surface area (Å²) in [6.45, 7) is 1.34. The lowest BCUT2D eigenvalue weighted by Gasteiger charge is -2.21. The number of benzene rings is 1. The van der Waals surface area contributed by atoms with Crippen LogP contribution in [0.1, 0.15) is 11.1 Å². The van der Waals surface area contributed by atoms with Gasteiger partial charge in [-0.1, -0.05) is 15.9 Å². The van der Waals surface area contributed by atoms with Gasteiger partial charge >= 0.3 is 0 Å². The van der Waals surface area contributed by atoms with Gasteiger partial charge in [-0.05, 0) is 29.8 Å². The molecule has 1 heterocycles. The van der Waals surface area contributed by atoms with E-state index in [4.69, 9.17) is 10.2 Å². The Bertz CT molecular complexity index is 482. The largest absolute Gasteiger partial charge is 0.472 e. The lowest BCUT2D eigenvalue weighted by molar-refractivity contribution is 0.563. The first kappa shape index (κ1) is 12.2. The molecule has 1 aromatic heterocycles. The van der Waals surface area contributed by atoms with Crippen LogP contribution in [0.25, 0.3) is 0 Å². The maximum atomic E-state index is 5.76. The van der Waals surface area contributed by atoms with Crippen molar-refractivity contribution in [2.24, 2.45) is 5.73 Å². The summed E-state index contributed by atoms with van der Waals surface area (Å²) >= 11 is 3.46. The summed E-state index contributed by atoms with van der Waals surface area (Å²) in [5.41, 5.74) is 9.20. The third-order valence-corrected chi connectivity index (χ3v) is 3.17. The molecule has 0 radical (unpaired) electrons. The van der Waals surface area contributed by atoms with Gasteiger partial charge in [-0.2, -0.15) is 0 Å². The molecular formula is C13H15BrN2O. The van der Waals surface area contributed by atoms with E-state index in [2.05, 4.69) is 40.0 Å². The van der Waals surface area contributed by atoms with Gasteiger partial charge in [-0.15, -0.1) is 0 Å². The van der Waals surface area contributed by atoms with E-state index in [1.807, 2.05) is 12.1 Å². The maximum absolute atomic E-state index is 5.76. The van der Waals surface area contributed by atoms with E-state index in [9.17, 15) is 0 Å². The standard InChI is InChI=1S/C13H15BrN2O/c1-16(8-10-4-5-17-9-10)13-3-2-12(14)6-11(13)7-15/h2-6,9H,7-8,15H2,1H3. The zero-order valence-electron chi connectivity index (χ0n) is 9.69. The minimum atomic E-state index is 0.532. The van der Waals surface area contributed by atoms with Crippen molar-refractivity contribution in [3.05, 3.63) is 52.4 Å². The SMILES string of the molecule is CN(Cc1ccoc1)c1ccc(Br)cc1CN. The quantitative estimate of drug-likeness (QED) is 0.942. The van der Waals surface area contributed by atoms with Crippen molar-refractivity contribution in [2.75, 3.05) is 11.9 Å². The Balaban J connectivity index is 2.21. The first-order valence-electron chi connectivity index (χ1n) is 5.41. The zero-order chi connectivity index (χ0) is 12.3. The minimum absolute atomic E-state index is 0.532. The monoisotopic (exact) mass is 294 g/mol. The summed E-state index contributed by atoms with van der Waals surface area (Å²) < 4.78 is 6.12. The normalized spacial score (nSPS) is 10.5. The molecule has 0 aliphatic carbocycles. The Kier molecular flexibility index (Phi) is 3.86. The molecule has 0 saturated carbocycles. The molecule has 0 bridgehead atoms. The van der Waals surface area contributed by atoms with E-state index in [0.29, 0.717) is 6.54 Å². The summed E-state index contributed by atoms with van der Waals surface area (Å²) in [6.07, 6.45) is 3.45. The van der Waals surface area contributed by atoms with Crippen molar-refractivity contribution >= 4 is 21.6 Å². The molecule has 2 N–H and O–H groups in total. The summed E-state index contributed by atoms with van der Waals surface area (Å²) in [6, 6.07) is 8.13. The van der Waals surface area contributed by atoms with Gasteiger partial charge < -0.3 is 15.1 Å². The van der Waals surface area contributed by atoms with Gasteiger partial charge in [0.05, 0.1) is 12.5 Å². The number of nitrogens with zero attached hydrogens (tertiary/aromatic N) is 1. The van der Waals surface area contributed by atoms with Crippen LogP contribution in [0, 0.1) is 0 Å². The summed E-state index contributed by atoms with van der Waals surface area (Å²) in [4.78, 5) is 2.17. The van der Waals surface area contributed by atoms with Gasteiger partial charge in [0, 0.05) is 35.9 Å². The van der Waals surface area contributed by atoms with Crippen LogP contribution in [0.4, 0.5) is 5.69 Å².